The van der Waals surface area contributed by atoms with Gasteiger partial charge in [0.1, 0.15) is 18.1 Å². The van der Waals surface area contributed by atoms with Crippen LogP contribution < -0.4 is 71.0 Å². The Labute approximate surface area is 317 Å². The lowest BCUT2D eigenvalue weighted by molar-refractivity contribution is -0.477. The van der Waals surface area contributed by atoms with Gasteiger partial charge in [-0.3, -0.25) is 57.4 Å². The van der Waals surface area contributed by atoms with Crippen LogP contribution in [0.3, 0.4) is 0 Å². The quantitative estimate of drug-likeness (QED) is 0.0346. The van der Waals surface area contributed by atoms with E-state index in [9.17, 15) is 19.2 Å². The number of guanidine groups is 2. The van der Waals surface area contributed by atoms with Crippen LogP contribution in [0.5, 0.6) is 0 Å². The molecule has 0 spiro atoms. The van der Waals surface area contributed by atoms with Gasteiger partial charge in [-0.2, -0.15) is 0 Å². The molecule has 0 saturated carbocycles. The van der Waals surface area contributed by atoms with Crippen molar-refractivity contribution < 1.29 is 34.9 Å². The summed E-state index contributed by atoms with van der Waals surface area (Å²) in [5.41, 5.74) is 35.9. The number of nitrogens with one attached hydrogen (secondary N) is 7. The third kappa shape index (κ3) is 14.3. The predicted octanol–water partition coefficient (Wildman–Crippen LogP) is -5.49. The summed E-state index contributed by atoms with van der Waals surface area (Å²) in [4.78, 5) is 60.2. The monoisotopic (exact) mass is 753 g/mol. The van der Waals surface area contributed by atoms with E-state index in [0.29, 0.717) is 45.4 Å². The number of carbonyl (C=O) groups excluding carboxylic acids is 4. The Hall–Kier alpha value is -5.26. The van der Waals surface area contributed by atoms with Gasteiger partial charge in [-0.1, -0.05) is 63.2 Å². The molecule has 1 aliphatic heterocycles. The Balaban J connectivity index is 1.72. The molecule has 0 bridgehead atoms. The molecular formula is C37H62N13O4+3. The van der Waals surface area contributed by atoms with Crippen molar-refractivity contribution in [3.8, 4) is 0 Å². The van der Waals surface area contributed by atoms with Crippen molar-refractivity contribution >= 4 is 35.5 Å². The first-order valence-corrected chi connectivity index (χ1v) is 18.5. The van der Waals surface area contributed by atoms with Crippen LogP contribution in [0.15, 0.2) is 42.5 Å². The second kappa shape index (κ2) is 20.8. The molecule has 1 aliphatic rings. The summed E-state index contributed by atoms with van der Waals surface area (Å²) >= 11 is 0. The van der Waals surface area contributed by atoms with Crippen molar-refractivity contribution in [2.75, 3.05) is 13.1 Å². The molecule has 0 radical (unpaired) electrons. The molecule has 0 fully saturated rings. The van der Waals surface area contributed by atoms with E-state index in [1.54, 1.807) is 0 Å². The van der Waals surface area contributed by atoms with Crippen LogP contribution in [0, 0.1) is 5.41 Å². The number of hydrogen-bond donors (Lipinski definition) is 13. The highest BCUT2D eigenvalue weighted by atomic mass is 16.2. The van der Waals surface area contributed by atoms with Crippen molar-refractivity contribution in [3.63, 3.8) is 0 Å². The fourth-order valence-electron chi connectivity index (χ4n) is 6.05. The van der Waals surface area contributed by atoms with E-state index < -0.39 is 35.4 Å². The first-order chi connectivity index (χ1) is 25.6. The van der Waals surface area contributed by atoms with Gasteiger partial charge in [0.2, 0.25) is 23.6 Å². The zero-order valence-electron chi connectivity index (χ0n) is 31.9. The summed E-state index contributed by atoms with van der Waals surface area (Å²) in [5, 5.41) is 14.8. The fourth-order valence-corrected chi connectivity index (χ4v) is 6.05. The number of carbonyl (C=O) groups is 4. The summed E-state index contributed by atoms with van der Waals surface area (Å²) in [7, 11) is 0. The van der Waals surface area contributed by atoms with E-state index in [4.69, 9.17) is 28.7 Å². The molecule has 296 valence electrons. The number of unbranched alkanes of at least 4 members (excludes halogenated alkanes) is 1. The third-order valence-corrected chi connectivity index (χ3v) is 9.10. The van der Waals surface area contributed by atoms with Crippen LogP contribution in [0.2, 0.25) is 0 Å². The van der Waals surface area contributed by atoms with E-state index in [-0.39, 0.29) is 49.3 Å². The summed E-state index contributed by atoms with van der Waals surface area (Å²) in [6.45, 7) is 7.88. The molecule has 0 saturated heterocycles. The van der Waals surface area contributed by atoms with Gasteiger partial charge in [-0.05, 0) is 65.3 Å². The van der Waals surface area contributed by atoms with Crippen LogP contribution in [-0.4, -0.2) is 66.8 Å². The van der Waals surface area contributed by atoms with Crippen LogP contribution in [0.4, 0.5) is 0 Å². The molecule has 3 rings (SSSR count). The Morgan fingerprint density at radius 2 is 1.44 bits per heavy atom. The summed E-state index contributed by atoms with van der Waals surface area (Å²) in [6.07, 6.45) is 2.33. The van der Waals surface area contributed by atoms with Gasteiger partial charge in [0.15, 0.2) is 0 Å². The fraction of sp³-hybridized carbons (Fsp3) is 0.514. The van der Waals surface area contributed by atoms with Crippen LogP contribution in [0.1, 0.15) is 86.9 Å². The van der Waals surface area contributed by atoms with Gasteiger partial charge >= 0.3 is 11.9 Å². The highest BCUT2D eigenvalue weighted by molar-refractivity contribution is 5.94. The lowest BCUT2D eigenvalue weighted by Crippen LogP contribution is -2.78. The Bertz CT molecular complexity index is 1630. The summed E-state index contributed by atoms with van der Waals surface area (Å²) in [6, 6.07) is 10.4. The molecule has 2 aromatic rings. The van der Waals surface area contributed by atoms with Gasteiger partial charge in [-0.15, -0.1) is 0 Å². The molecule has 17 heteroatoms. The molecule has 1 heterocycles. The van der Waals surface area contributed by atoms with Crippen LogP contribution in [0.25, 0.3) is 0 Å². The average Bonchev–Trinajstić information content (AvgIpc) is 3.48. The van der Waals surface area contributed by atoms with E-state index in [1.807, 2.05) is 63.2 Å². The van der Waals surface area contributed by atoms with Crippen molar-refractivity contribution in [2.24, 2.45) is 34.1 Å². The summed E-state index contributed by atoms with van der Waals surface area (Å²) in [5.74, 6) is -1.61. The minimum atomic E-state index is -1.03. The first-order valence-electron chi connectivity index (χ1n) is 18.5. The topological polar surface area (TPSA) is 314 Å². The van der Waals surface area contributed by atoms with Gasteiger partial charge in [-0.25, -0.2) is 0 Å². The molecule has 0 aromatic heterocycles. The average molecular weight is 753 g/mol. The Kier molecular flexibility index (Phi) is 16.7. The molecule has 17 nitrogen and oxygen atoms in total. The maximum Gasteiger partial charge on any atom is 0.339 e. The minimum Gasteiger partial charge on any atom is -0.358 e. The van der Waals surface area contributed by atoms with Crippen molar-refractivity contribution in [2.45, 2.75) is 103 Å². The predicted molar refractivity (Wildman–Crippen MR) is 206 cm³/mol. The van der Waals surface area contributed by atoms with Gasteiger partial charge in [0.05, 0.1) is 32.2 Å². The van der Waals surface area contributed by atoms with E-state index in [2.05, 4.69) is 42.3 Å². The van der Waals surface area contributed by atoms with E-state index in [1.165, 1.54) is 0 Å². The van der Waals surface area contributed by atoms with Crippen molar-refractivity contribution in [1.82, 2.24) is 26.6 Å². The normalized spacial score (nSPS) is 15.2. The highest BCUT2D eigenvalue weighted by Gasteiger charge is 2.36. The van der Waals surface area contributed by atoms with E-state index in [0.717, 1.165) is 34.2 Å². The second-order valence-electron chi connectivity index (χ2n) is 14.8. The van der Waals surface area contributed by atoms with Gasteiger partial charge < -0.3 is 32.7 Å². The lowest BCUT2D eigenvalue weighted by atomic mass is 9.85. The number of benzene rings is 2. The molecule has 54 heavy (non-hydrogen) atoms. The molecule has 2 aromatic carbocycles. The smallest absolute Gasteiger partial charge is 0.339 e. The van der Waals surface area contributed by atoms with Crippen LogP contribution >= 0.6 is 0 Å². The summed E-state index contributed by atoms with van der Waals surface area (Å²) < 4.78 is 0. The maximum absolute atomic E-state index is 14.0. The number of nitrogens with two attached hydrogens (primary N) is 5. The van der Waals surface area contributed by atoms with E-state index >= 15 is 0 Å². The van der Waals surface area contributed by atoms with Crippen molar-refractivity contribution in [3.05, 3.63) is 70.3 Å². The molecule has 4 atom stereocenters. The SMILES string of the molecule is CC(C)(C)[C@H](NC(=O)[C@H](CCC[NH+]=C(N)N)NC(=O)Cc1ccc(C[NH+]=C(N)N)cc1)C(=O)N[C@@H](CCCC[NH3+])C(=O)NCc1ccc2c(c1)CNC2N. The minimum absolute atomic E-state index is 0.0214. The Morgan fingerprint density at radius 3 is 2.09 bits per heavy atom. The van der Waals surface area contributed by atoms with Crippen molar-refractivity contribution in [1.29, 1.82) is 0 Å². The molecule has 4 amide bonds. The number of hydrogen-bond acceptors (Lipinski definition) is 6. The number of fused-ring (bicyclic) bond motifs is 1. The highest BCUT2D eigenvalue weighted by Crippen LogP contribution is 2.23. The zero-order chi connectivity index (χ0) is 39.8. The molecule has 1 unspecified atom stereocenters. The number of rotatable bonds is 20. The third-order valence-electron chi connectivity index (χ3n) is 9.10. The van der Waals surface area contributed by atoms with Gasteiger partial charge in [0, 0.05) is 13.1 Å². The molecular weight excluding hydrogens is 690 g/mol. The lowest BCUT2D eigenvalue weighted by Gasteiger charge is -2.33. The Morgan fingerprint density at radius 1 is 0.815 bits per heavy atom. The van der Waals surface area contributed by atoms with Gasteiger partial charge in [0.25, 0.3) is 0 Å². The number of quaternary nitrogens is 1. The second-order valence-corrected chi connectivity index (χ2v) is 14.8. The standard InChI is InChI=1S/C37H59N13O4/c1-37(2,3)30(34(54)49-27(7-4-5-15-38)32(52)46-20-24-13-14-26-25(17-24)21-45-31(26)39)50-33(53)28(8-6-16-44-35(40)41)48-29(51)18-22-9-11-23(12-10-22)19-47-36(42)43/h9-14,17,27-28,30-31,45H,4-8,15-16,18-21,38-39H2,1-3H3,(H,46,52)(H,48,51)(H,49,54)(H,50,53)(H4,40,41,44)(H4,42,43,47)/p+3/t27-,28-,30+,31?/m0/s1. The zero-order valence-corrected chi connectivity index (χ0v) is 31.9. The maximum atomic E-state index is 14.0. The molecule has 20 N–H and O–H groups in total. The molecule has 0 aliphatic carbocycles. The largest absolute Gasteiger partial charge is 0.358 e. The first kappa shape index (κ1) is 43.1. The number of amides is 4. The van der Waals surface area contributed by atoms with Crippen LogP contribution in [-0.2, 0) is 45.2 Å².